The van der Waals surface area contributed by atoms with Crippen LogP contribution in [0.3, 0.4) is 0 Å². The van der Waals surface area contributed by atoms with Crippen molar-refractivity contribution < 1.29 is 14.7 Å². The van der Waals surface area contributed by atoms with Crippen LogP contribution < -0.4 is 11.1 Å². The van der Waals surface area contributed by atoms with Crippen LogP contribution in [0.1, 0.15) is 26.2 Å². The van der Waals surface area contributed by atoms with E-state index >= 15 is 0 Å². The molecular weight excluding hydrogens is 160 g/mol. The van der Waals surface area contributed by atoms with Crippen molar-refractivity contribution >= 4 is 12.0 Å². The van der Waals surface area contributed by atoms with Crippen LogP contribution in [-0.4, -0.2) is 23.1 Å². The summed E-state index contributed by atoms with van der Waals surface area (Å²) in [5.74, 6) is -0.620. The van der Waals surface area contributed by atoms with Gasteiger partial charge < -0.3 is 16.2 Å². The Morgan fingerprint density at radius 1 is 1.58 bits per heavy atom. The van der Waals surface area contributed by atoms with E-state index in [0.717, 1.165) is 12.8 Å². The second-order valence-electron chi connectivity index (χ2n) is 2.55. The number of nitrogens with one attached hydrogen (secondary N) is 1. The first-order valence-corrected chi connectivity index (χ1v) is 3.86. The van der Waals surface area contributed by atoms with Gasteiger partial charge in [0.05, 0.1) is 0 Å². The summed E-state index contributed by atoms with van der Waals surface area (Å²) in [6.45, 7) is 1.96. The minimum Gasteiger partial charge on any atom is -0.465 e. The molecule has 5 heteroatoms. The molecule has 5 nitrogen and oxygen atoms in total. The smallest absolute Gasteiger partial charge is 0.405 e. The molecule has 0 aromatic heterocycles. The van der Waals surface area contributed by atoms with E-state index in [1.54, 1.807) is 0 Å². The van der Waals surface area contributed by atoms with Crippen molar-refractivity contribution in [3.05, 3.63) is 0 Å². The third-order valence-electron chi connectivity index (χ3n) is 1.49. The van der Waals surface area contributed by atoms with E-state index in [-0.39, 0.29) is 0 Å². The number of carbonyl (C=O) groups is 2. The van der Waals surface area contributed by atoms with Crippen LogP contribution in [0, 0.1) is 0 Å². The molecule has 2 amide bonds. The van der Waals surface area contributed by atoms with Gasteiger partial charge >= 0.3 is 6.09 Å². The van der Waals surface area contributed by atoms with E-state index < -0.39 is 18.0 Å². The number of rotatable bonds is 5. The third-order valence-corrected chi connectivity index (χ3v) is 1.49. The zero-order valence-corrected chi connectivity index (χ0v) is 7.04. The lowest BCUT2D eigenvalue weighted by Crippen LogP contribution is -2.43. The van der Waals surface area contributed by atoms with E-state index in [1.165, 1.54) is 0 Å². The quantitative estimate of drug-likeness (QED) is 0.559. The number of primary amides is 1. The number of nitrogens with two attached hydrogens (primary N) is 1. The second kappa shape index (κ2) is 5.40. The Balaban J connectivity index is 3.87. The van der Waals surface area contributed by atoms with Crippen LogP contribution in [0.4, 0.5) is 4.79 Å². The molecule has 0 spiro atoms. The topological polar surface area (TPSA) is 92.4 Å². The van der Waals surface area contributed by atoms with Crippen molar-refractivity contribution in [2.75, 3.05) is 0 Å². The maximum absolute atomic E-state index is 10.6. The molecule has 0 fully saturated rings. The van der Waals surface area contributed by atoms with Crippen molar-refractivity contribution in [3.8, 4) is 0 Å². The van der Waals surface area contributed by atoms with Crippen LogP contribution in [0.15, 0.2) is 0 Å². The van der Waals surface area contributed by atoms with Gasteiger partial charge in [0.15, 0.2) is 0 Å². The van der Waals surface area contributed by atoms with E-state index in [1.807, 2.05) is 6.92 Å². The minimum absolute atomic E-state index is 0.470. The molecule has 4 N–H and O–H groups in total. The molecule has 0 aromatic rings. The molecule has 0 aliphatic carbocycles. The van der Waals surface area contributed by atoms with Gasteiger partial charge in [0.1, 0.15) is 6.04 Å². The molecule has 0 aliphatic heterocycles. The van der Waals surface area contributed by atoms with Gasteiger partial charge in [-0.1, -0.05) is 19.8 Å². The number of unbranched alkanes of at least 4 members (excludes halogenated alkanes) is 1. The third kappa shape index (κ3) is 4.54. The largest absolute Gasteiger partial charge is 0.465 e. The lowest BCUT2D eigenvalue weighted by atomic mass is 10.1. The average molecular weight is 174 g/mol. The van der Waals surface area contributed by atoms with Crippen LogP contribution in [0.25, 0.3) is 0 Å². The molecule has 0 unspecified atom stereocenters. The Hall–Kier alpha value is -1.26. The highest BCUT2D eigenvalue weighted by Crippen LogP contribution is 1.99. The van der Waals surface area contributed by atoms with Crippen LogP contribution in [0.5, 0.6) is 0 Å². The minimum atomic E-state index is -1.21. The van der Waals surface area contributed by atoms with Crippen molar-refractivity contribution in [1.82, 2.24) is 5.32 Å². The SMILES string of the molecule is CCCC[C@H](NC(=O)O)C(N)=O. The molecule has 0 bridgehead atoms. The fraction of sp³-hybridized carbons (Fsp3) is 0.714. The second-order valence-corrected chi connectivity index (χ2v) is 2.55. The Bertz CT molecular complexity index is 170. The molecule has 0 heterocycles. The van der Waals surface area contributed by atoms with Gasteiger partial charge in [-0.2, -0.15) is 0 Å². The number of hydrogen-bond donors (Lipinski definition) is 3. The monoisotopic (exact) mass is 174 g/mol. The van der Waals surface area contributed by atoms with Gasteiger partial charge in [-0.15, -0.1) is 0 Å². The van der Waals surface area contributed by atoms with Crippen molar-refractivity contribution in [1.29, 1.82) is 0 Å². The van der Waals surface area contributed by atoms with Crippen LogP contribution in [-0.2, 0) is 4.79 Å². The van der Waals surface area contributed by atoms with Crippen LogP contribution in [0.2, 0.25) is 0 Å². The highest BCUT2D eigenvalue weighted by molar-refractivity contribution is 5.83. The number of amides is 2. The van der Waals surface area contributed by atoms with Gasteiger partial charge in [-0.05, 0) is 6.42 Å². The van der Waals surface area contributed by atoms with E-state index in [9.17, 15) is 9.59 Å². The Labute approximate surface area is 70.9 Å². The Morgan fingerprint density at radius 3 is 2.50 bits per heavy atom. The normalized spacial score (nSPS) is 12.1. The maximum Gasteiger partial charge on any atom is 0.405 e. The predicted octanol–water partition coefficient (Wildman–Crippen LogP) is 0.298. The van der Waals surface area contributed by atoms with Gasteiger partial charge in [0.2, 0.25) is 5.91 Å². The van der Waals surface area contributed by atoms with Crippen molar-refractivity contribution in [3.63, 3.8) is 0 Å². The lowest BCUT2D eigenvalue weighted by Gasteiger charge is -2.11. The number of carboxylic acid groups (broad SMARTS) is 1. The Kier molecular flexibility index (Phi) is 4.83. The predicted molar refractivity (Wildman–Crippen MR) is 43.7 cm³/mol. The fourth-order valence-electron chi connectivity index (χ4n) is 0.843. The number of carbonyl (C=O) groups excluding carboxylic acids is 1. The fourth-order valence-corrected chi connectivity index (χ4v) is 0.843. The highest BCUT2D eigenvalue weighted by Gasteiger charge is 2.15. The highest BCUT2D eigenvalue weighted by atomic mass is 16.4. The summed E-state index contributed by atoms with van der Waals surface area (Å²) in [6, 6.07) is -0.748. The van der Waals surface area contributed by atoms with E-state index in [4.69, 9.17) is 10.8 Å². The molecule has 0 aromatic carbocycles. The summed E-state index contributed by atoms with van der Waals surface area (Å²) in [5.41, 5.74) is 4.96. The molecule has 0 saturated carbocycles. The van der Waals surface area contributed by atoms with Crippen molar-refractivity contribution in [2.45, 2.75) is 32.2 Å². The summed E-state index contributed by atoms with van der Waals surface area (Å²) < 4.78 is 0. The van der Waals surface area contributed by atoms with Crippen LogP contribution >= 0.6 is 0 Å². The molecule has 12 heavy (non-hydrogen) atoms. The molecule has 0 saturated heterocycles. The maximum atomic E-state index is 10.6. The first kappa shape index (κ1) is 10.7. The average Bonchev–Trinajstić information content (AvgIpc) is 1.96. The first-order valence-electron chi connectivity index (χ1n) is 3.86. The van der Waals surface area contributed by atoms with Gasteiger partial charge in [0.25, 0.3) is 0 Å². The molecule has 0 radical (unpaired) electrons. The summed E-state index contributed by atoms with van der Waals surface area (Å²) in [6.07, 6.45) is 0.951. The standard InChI is InChI=1S/C7H14N2O3/c1-2-3-4-5(6(8)10)9-7(11)12/h5,9H,2-4H2,1H3,(H2,8,10)(H,11,12)/t5-/m0/s1. The summed E-state index contributed by atoms with van der Waals surface area (Å²) in [5, 5.41) is 10.4. The van der Waals surface area contributed by atoms with E-state index in [0.29, 0.717) is 6.42 Å². The van der Waals surface area contributed by atoms with Crippen molar-refractivity contribution in [2.24, 2.45) is 5.73 Å². The lowest BCUT2D eigenvalue weighted by molar-refractivity contribution is -0.120. The first-order chi connectivity index (χ1) is 5.57. The van der Waals surface area contributed by atoms with E-state index in [2.05, 4.69) is 5.32 Å². The van der Waals surface area contributed by atoms with Gasteiger partial charge in [-0.3, -0.25) is 4.79 Å². The Morgan fingerprint density at radius 2 is 2.17 bits per heavy atom. The number of hydrogen-bond acceptors (Lipinski definition) is 2. The summed E-state index contributed by atoms with van der Waals surface area (Å²) in [7, 11) is 0. The summed E-state index contributed by atoms with van der Waals surface area (Å²) >= 11 is 0. The zero-order chi connectivity index (χ0) is 9.56. The van der Waals surface area contributed by atoms with Gasteiger partial charge in [0, 0.05) is 0 Å². The molecule has 1 atom stereocenters. The molecule has 0 aliphatic rings. The zero-order valence-electron chi connectivity index (χ0n) is 7.04. The molecule has 0 rings (SSSR count). The van der Waals surface area contributed by atoms with Gasteiger partial charge in [-0.25, -0.2) is 4.79 Å². The molecule has 70 valence electrons. The molecular formula is C7H14N2O3. The summed E-state index contributed by atoms with van der Waals surface area (Å²) in [4.78, 5) is 20.8.